The summed E-state index contributed by atoms with van der Waals surface area (Å²) in [5, 5.41) is 3.24. The van der Waals surface area contributed by atoms with Gasteiger partial charge in [0, 0.05) is 12.5 Å². The number of amides is 1. The van der Waals surface area contributed by atoms with Crippen molar-refractivity contribution in [2.24, 2.45) is 0 Å². The predicted octanol–water partition coefficient (Wildman–Crippen LogP) is 0.832. The lowest BCUT2D eigenvalue weighted by molar-refractivity contribution is -0.133. The number of carbonyl (C=O) groups excluding carboxylic acids is 1. The molecule has 0 saturated heterocycles. The van der Waals surface area contributed by atoms with Gasteiger partial charge < -0.3 is 5.32 Å². The molecule has 1 amide bonds. The number of rotatable bonds is 7. The maximum atomic E-state index is 11.0. The fourth-order valence-electron chi connectivity index (χ4n) is 0.843. The Morgan fingerprint density at radius 1 is 1.46 bits per heavy atom. The Balaban J connectivity index is 3.17. The van der Waals surface area contributed by atoms with Crippen molar-refractivity contribution in [1.82, 2.24) is 10.8 Å². The van der Waals surface area contributed by atoms with E-state index in [2.05, 4.69) is 24.6 Å². The Kier molecular flexibility index (Phi) is 7.63. The minimum absolute atomic E-state index is 0.0487. The quantitative estimate of drug-likeness (QED) is 0.459. The van der Waals surface area contributed by atoms with E-state index in [1.807, 2.05) is 6.92 Å². The van der Waals surface area contributed by atoms with E-state index < -0.39 is 0 Å². The maximum Gasteiger partial charge on any atom is 0.243 e. The number of carbonyl (C=O) groups is 1. The Hall–Kier alpha value is -0.610. The van der Waals surface area contributed by atoms with E-state index in [0.29, 0.717) is 19.1 Å². The summed E-state index contributed by atoms with van der Waals surface area (Å²) >= 11 is 0. The van der Waals surface area contributed by atoms with E-state index in [-0.39, 0.29) is 5.91 Å². The van der Waals surface area contributed by atoms with E-state index in [0.717, 1.165) is 13.0 Å². The predicted molar refractivity (Wildman–Crippen MR) is 52.1 cm³/mol. The highest BCUT2D eigenvalue weighted by molar-refractivity contribution is 5.74. The highest BCUT2D eigenvalue weighted by Crippen LogP contribution is 1.88. The summed E-state index contributed by atoms with van der Waals surface area (Å²) in [5.41, 5.74) is 2.35. The molecule has 0 aliphatic carbocycles. The molecule has 0 saturated carbocycles. The molecular weight excluding hydrogens is 168 g/mol. The zero-order chi connectivity index (χ0) is 10.1. The van der Waals surface area contributed by atoms with Crippen LogP contribution in [-0.2, 0) is 9.63 Å². The van der Waals surface area contributed by atoms with Crippen LogP contribution in [0.4, 0.5) is 0 Å². The van der Waals surface area contributed by atoms with Crippen molar-refractivity contribution in [1.29, 1.82) is 0 Å². The number of nitrogens with one attached hydrogen (secondary N) is 2. The molecule has 4 heteroatoms. The molecule has 0 unspecified atom stereocenters. The summed E-state index contributed by atoms with van der Waals surface area (Å²) in [7, 11) is 0. The standard InChI is InChI=1S/C9H20N2O2/c1-4-13-11-9(12)6-5-7-10-8(2)3/h8,10H,4-7H2,1-3H3,(H,11,12). The van der Waals surface area contributed by atoms with Crippen molar-refractivity contribution in [2.45, 2.75) is 39.7 Å². The van der Waals surface area contributed by atoms with Crippen molar-refractivity contribution in [2.75, 3.05) is 13.2 Å². The third-order valence-corrected chi connectivity index (χ3v) is 1.46. The first kappa shape index (κ1) is 12.4. The molecular formula is C9H20N2O2. The fourth-order valence-corrected chi connectivity index (χ4v) is 0.843. The zero-order valence-electron chi connectivity index (χ0n) is 8.72. The second-order valence-corrected chi connectivity index (χ2v) is 3.17. The normalized spacial score (nSPS) is 10.5. The highest BCUT2D eigenvalue weighted by atomic mass is 16.6. The molecule has 0 heterocycles. The van der Waals surface area contributed by atoms with Crippen LogP contribution in [0.3, 0.4) is 0 Å². The second kappa shape index (κ2) is 8.01. The van der Waals surface area contributed by atoms with E-state index in [9.17, 15) is 4.79 Å². The summed E-state index contributed by atoms with van der Waals surface area (Å²) in [4.78, 5) is 15.7. The molecule has 0 atom stereocenters. The molecule has 0 aromatic heterocycles. The largest absolute Gasteiger partial charge is 0.315 e. The number of hydrogen-bond acceptors (Lipinski definition) is 3. The summed E-state index contributed by atoms with van der Waals surface area (Å²) in [6, 6.07) is 0.481. The van der Waals surface area contributed by atoms with Crippen LogP contribution in [-0.4, -0.2) is 25.1 Å². The average molecular weight is 188 g/mol. The van der Waals surface area contributed by atoms with Crippen molar-refractivity contribution in [3.8, 4) is 0 Å². The van der Waals surface area contributed by atoms with Gasteiger partial charge in [0.2, 0.25) is 5.91 Å². The summed E-state index contributed by atoms with van der Waals surface area (Å²) in [6.07, 6.45) is 1.36. The first-order valence-electron chi connectivity index (χ1n) is 4.80. The first-order valence-corrected chi connectivity index (χ1v) is 4.80. The van der Waals surface area contributed by atoms with Crippen LogP contribution in [0.25, 0.3) is 0 Å². The van der Waals surface area contributed by atoms with Crippen molar-refractivity contribution in [3.63, 3.8) is 0 Å². The molecule has 0 aromatic carbocycles. The van der Waals surface area contributed by atoms with Gasteiger partial charge in [-0.25, -0.2) is 5.48 Å². The Morgan fingerprint density at radius 2 is 2.15 bits per heavy atom. The van der Waals surface area contributed by atoms with E-state index in [4.69, 9.17) is 4.84 Å². The van der Waals surface area contributed by atoms with E-state index >= 15 is 0 Å². The van der Waals surface area contributed by atoms with Crippen LogP contribution >= 0.6 is 0 Å². The molecule has 0 radical (unpaired) electrons. The Morgan fingerprint density at radius 3 is 2.69 bits per heavy atom. The van der Waals surface area contributed by atoms with E-state index in [1.165, 1.54) is 0 Å². The molecule has 13 heavy (non-hydrogen) atoms. The van der Waals surface area contributed by atoms with Gasteiger partial charge >= 0.3 is 0 Å². The van der Waals surface area contributed by atoms with Gasteiger partial charge in [0.05, 0.1) is 6.61 Å². The second-order valence-electron chi connectivity index (χ2n) is 3.17. The smallest absolute Gasteiger partial charge is 0.243 e. The minimum Gasteiger partial charge on any atom is -0.315 e. The lowest BCUT2D eigenvalue weighted by atomic mass is 10.3. The van der Waals surface area contributed by atoms with Crippen LogP contribution in [0.2, 0.25) is 0 Å². The molecule has 4 nitrogen and oxygen atoms in total. The third-order valence-electron chi connectivity index (χ3n) is 1.46. The summed E-state index contributed by atoms with van der Waals surface area (Å²) in [6.45, 7) is 7.38. The lowest BCUT2D eigenvalue weighted by Crippen LogP contribution is -2.27. The molecule has 0 spiro atoms. The number of hydroxylamine groups is 1. The molecule has 2 N–H and O–H groups in total. The first-order chi connectivity index (χ1) is 6.16. The minimum atomic E-state index is -0.0487. The van der Waals surface area contributed by atoms with Crippen LogP contribution in [0.5, 0.6) is 0 Å². The van der Waals surface area contributed by atoms with Crippen LogP contribution in [0.1, 0.15) is 33.6 Å². The molecule has 0 rings (SSSR count). The SMILES string of the molecule is CCONC(=O)CCCNC(C)C. The van der Waals surface area contributed by atoms with Crippen LogP contribution in [0, 0.1) is 0 Å². The van der Waals surface area contributed by atoms with Crippen molar-refractivity contribution >= 4 is 5.91 Å². The lowest BCUT2D eigenvalue weighted by Gasteiger charge is -2.07. The Labute approximate surface area is 80.0 Å². The van der Waals surface area contributed by atoms with E-state index in [1.54, 1.807) is 0 Å². The van der Waals surface area contributed by atoms with Gasteiger partial charge in [0.25, 0.3) is 0 Å². The molecule has 0 bridgehead atoms. The van der Waals surface area contributed by atoms with Gasteiger partial charge in [0.1, 0.15) is 0 Å². The average Bonchev–Trinajstić information content (AvgIpc) is 2.08. The molecule has 0 aliphatic rings. The zero-order valence-corrected chi connectivity index (χ0v) is 8.72. The molecule has 0 aliphatic heterocycles. The van der Waals surface area contributed by atoms with Crippen LogP contribution in [0.15, 0.2) is 0 Å². The maximum absolute atomic E-state index is 11.0. The molecule has 0 fully saturated rings. The van der Waals surface area contributed by atoms with Crippen LogP contribution < -0.4 is 10.8 Å². The highest BCUT2D eigenvalue weighted by Gasteiger charge is 1.99. The fraction of sp³-hybridized carbons (Fsp3) is 0.889. The number of hydrogen-bond donors (Lipinski definition) is 2. The van der Waals surface area contributed by atoms with Crippen molar-refractivity contribution in [3.05, 3.63) is 0 Å². The molecule has 78 valence electrons. The van der Waals surface area contributed by atoms with Gasteiger partial charge in [-0.15, -0.1) is 0 Å². The van der Waals surface area contributed by atoms with Gasteiger partial charge in [0.15, 0.2) is 0 Å². The monoisotopic (exact) mass is 188 g/mol. The van der Waals surface area contributed by atoms with Gasteiger partial charge in [-0.05, 0) is 19.9 Å². The van der Waals surface area contributed by atoms with Gasteiger partial charge in [-0.1, -0.05) is 13.8 Å². The summed E-state index contributed by atoms with van der Waals surface area (Å²) < 4.78 is 0. The topological polar surface area (TPSA) is 50.4 Å². The summed E-state index contributed by atoms with van der Waals surface area (Å²) in [5.74, 6) is -0.0487. The van der Waals surface area contributed by atoms with Crippen molar-refractivity contribution < 1.29 is 9.63 Å². The Bertz CT molecular complexity index is 138. The third kappa shape index (κ3) is 9.30. The molecule has 0 aromatic rings. The van der Waals surface area contributed by atoms with Gasteiger partial charge in [-0.2, -0.15) is 0 Å². The van der Waals surface area contributed by atoms with Gasteiger partial charge in [-0.3, -0.25) is 9.63 Å².